The average Bonchev–Trinajstić information content (AvgIpc) is 3.49. The van der Waals surface area contributed by atoms with Crippen LogP contribution in [0.4, 0.5) is 11.4 Å². The number of nitrogens with zero attached hydrogens (tertiary/aromatic N) is 2. The first-order valence-electron chi connectivity index (χ1n) is 9.76. The molecule has 1 aliphatic heterocycles. The van der Waals surface area contributed by atoms with Crippen molar-refractivity contribution in [2.45, 2.75) is 25.8 Å². The molecule has 1 fully saturated rings. The summed E-state index contributed by atoms with van der Waals surface area (Å²) in [4.78, 5) is 17.5. The molecule has 1 saturated carbocycles. The van der Waals surface area contributed by atoms with E-state index in [1.807, 2.05) is 49.4 Å². The Morgan fingerprint density at radius 1 is 1.24 bits per heavy atom. The molecular weight excluding hydrogens is 386 g/mol. The summed E-state index contributed by atoms with van der Waals surface area (Å²) in [5.41, 5.74) is 3.79. The van der Waals surface area contributed by atoms with Gasteiger partial charge in [-0.25, -0.2) is 4.99 Å². The summed E-state index contributed by atoms with van der Waals surface area (Å²) in [5, 5.41) is 5.03. The maximum Gasteiger partial charge on any atom is 0.262 e. The van der Waals surface area contributed by atoms with Gasteiger partial charge < -0.3 is 19.4 Å². The lowest BCUT2D eigenvalue weighted by Crippen LogP contribution is -2.25. The fraction of sp³-hybridized carbons (Fsp3) is 0.273. The highest BCUT2D eigenvalue weighted by atomic mass is 32.1. The number of thiazole rings is 1. The molecule has 5 rings (SSSR count). The van der Waals surface area contributed by atoms with Gasteiger partial charge in [0.1, 0.15) is 11.5 Å². The van der Waals surface area contributed by atoms with Crippen LogP contribution in [0.3, 0.4) is 0 Å². The molecule has 2 heterocycles. The zero-order chi connectivity index (χ0) is 19.8. The Morgan fingerprint density at radius 2 is 2.07 bits per heavy atom. The number of fused-ring (bicyclic) bond motifs is 1. The molecule has 1 aromatic heterocycles. The number of amides is 1. The summed E-state index contributed by atoms with van der Waals surface area (Å²) in [6.45, 7) is 2.69. The molecule has 0 spiro atoms. The van der Waals surface area contributed by atoms with Gasteiger partial charge in [0.15, 0.2) is 11.4 Å². The Balaban J connectivity index is 1.54. The monoisotopic (exact) mass is 407 g/mol. The van der Waals surface area contributed by atoms with E-state index in [-0.39, 0.29) is 12.5 Å². The summed E-state index contributed by atoms with van der Waals surface area (Å²) in [7, 11) is 0. The first-order chi connectivity index (χ1) is 14.2. The molecule has 2 aliphatic rings. The number of hydrogen-bond acceptors (Lipinski definition) is 5. The molecule has 3 aromatic rings. The molecule has 0 atom stereocenters. The van der Waals surface area contributed by atoms with Gasteiger partial charge in [-0.3, -0.25) is 4.79 Å². The zero-order valence-corrected chi connectivity index (χ0v) is 16.9. The lowest BCUT2D eigenvalue weighted by Gasteiger charge is -2.19. The van der Waals surface area contributed by atoms with E-state index in [1.165, 1.54) is 0 Å². The molecule has 0 saturated heterocycles. The minimum Gasteiger partial charge on any atom is -0.494 e. The van der Waals surface area contributed by atoms with Crippen molar-refractivity contribution in [2.24, 2.45) is 4.99 Å². The minimum atomic E-state index is -0.124. The predicted molar refractivity (Wildman–Crippen MR) is 113 cm³/mol. The van der Waals surface area contributed by atoms with E-state index >= 15 is 0 Å². The molecule has 7 heteroatoms. The zero-order valence-electron chi connectivity index (χ0n) is 16.1. The lowest BCUT2D eigenvalue weighted by molar-refractivity contribution is -0.118. The molecule has 1 aliphatic carbocycles. The molecule has 0 radical (unpaired) electrons. The average molecular weight is 407 g/mol. The Hall–Kier alpha value is -3.06. The minimum absolute atomic E-state index is 0.0674. The lowest BCUT2D eigenvalue weighted by atomic mass is 10.1. The Bertz CT molecular complexity index is 1130. The fourth-order valence-electron chi connectivity index (χ4n) is 3.43. The number of ether oxygens (including phenoxy) is 2. The predicted octanol–water partition coefficient (Wildman–Crippen LogP) is 4.51. The highest BCUT2D eigenvalue weighted by Crippen LogP contribution is 2.40. The van der Waals surface area contributed by atoms with E-state index < -0.39 is 0 Å². The van der Waals surface area contributed by atoms with Gasteiger partial charge in [0.05, 0.1) is 23.7 Å². The van der Waals surface area contributed by atoms with Crippen LogP contribution in [-0.4, -0.2) is 23.7 Å². The van der Waals surface area contributed by atoms with Crippen LogP contribution >= 0.6 is 11.3 Å². The number of aromatic nitrogens is 1. The Labute approximate surface area is 172 Å². The van der Waals surface area contributed by atoms with Gasteiger partial charge in [-0.1, -0.05) is 0 Å². The number of carbonyl (C=O) groups is 1. The first kappa shape index (κ1) is 18.0. The van der Waals surface area contributed by atoms with E-state index in [0.29, 0.717) is 18.4 Å². The molecule has 0 bridgehead atoms. The van der Waals surface area contributed by atoms with Crippen molar-refractivity contribution in [1.82, 2.24) is 4.57 Å². The van der Waals surface area contributed by atoms with Crippen molar-refractivity contribution in [3.05, 3.63) is 52.6 Å². The largest absolute Gasteiger partial charge is 0.494 e. The molecule has 0 unspecified atom stereocenters. The number of nitrogens with one attached hydrogen (secondary N) is 1. The Kier molecular flexibility index (Phi) is 4.60. The fourth-order valence-corrected chi connectivity index (χ4v) is 4.42. The normalized spacial score (nSPS) is 16.2. The molecule has 148 valence electrons. The maximum atomic E-state index is 11.7. The van der Waals surface area contributed by atoms with E-state index in [4.69, 9.17) is 14.5 Å². The first-order valence-corrected chi connectivity index (χ1v) is 10.6. The van der Waals surface area contributed by atoms with Gasteiger partial charge in [0.2, 0.25) is 0 Å². The van der Waals surface area contributed by atoms with Gasteiger partial charge in [-0.05, 0) is 62.2 Å². The summed E-state index contributed by atoms with van der Waals surface area (Å²) in [5.74, 6) is 1.44. The second-order valence-corrected chi connectivity index (χ2v) is 7.93. The van der Waals surface area contributed by atoms with Crippen LogP contribution < -0.4 is 19.6 Å². The van der Waals surface area contributed by atoms with Crippen LogP contribution in [0.2, 0.25) is 0 Å². The molecule has 2 aromatic carbocycles. The second-order valence-electron chi connectivity index (χ2n) is 7.09. The van der Waals surface area contributed by atoms with Crippen molar-refractivity contribution >= 4 is 28.6 Å². The highest BCUT2D eigenvalue weighted by molar-refractivity contribution is 7.07. The van der Waals surface area contributed by atoms with Crippen LogP contribution in [0.25, 0.3) is 11.3 Å². The second kappa shape index (κ2) is 7.40. The number of anilines is 1. The number of benzene rings is 2. The maximum absolute atomic E-state index is 11.7. The summed E-state index contributed by atoms with van der Waals surface area (Å²) < 4.78 is 13.3. The summed E-state index contributed by atoms with van der Waals surface area (Å²) in [6, 6.07) is 14.3. The third kappa shape index (κ3) is 3.65. The van der Waals surface area contributed by atoms with E-state index in [9.17, 15) is 4.79 Å². The van der Waals surface area contributed by atoms with E-state index in [0.717, 1.165) is 46.0 Å². The van der Waals surface area contributed by atoms with Crippen molar-refractivity contribution in [1.29, 1.82) is 0 Å². The van der Waals surface area contributed by atoms with Crippen LogP contribution in [0.15, 0.2) is 52.8 Å². The topological polar surface area (TPSA) is 64.8 Å². The van der Waals surface area contributed by atoms with Crippen molar-refractivity contribution in [3.63, 3.8) is 0 Å². The molecular formula is C22H21N3O3S. The quantitative estimate of drug-likeness (QED) is 0.677. The third-order valence-electron chi connectivity index (χ3n) is 4.93. The molecule has 29 heavy (non-hydrogen) atoms. The van der Waals surface area contributed by atoms with Crippen LogP contribution in [0, 0.1) is 0 Å². The third-order valence-corrected chi connectivity index (χ3v) is 5.77. The van der Waals surface area contributed by atoms with Gasteiger partial charge in [0, 0.05) is 17.0 Å². The number of rotatable bonds is 5. The summed E-state index contributed by atoms with van der Waals surface area (Å²) in [6.07, 6.45) is 2.32. The molecule has 1 N–H and O–H groups in total. The van der Waals surface area contributed by atoms with E-state index in [2.05, 4.69) is 15.3 Å². The number of carbonyl (C=O) groups excluding carboxylic acids is 1. The van der Waals surface area contributed by atoms with Gasteiger partial charge in [-0.15, -0.1) is 11.3 Å². The Morgan fingerprint density at radius 3 is 2.83 bits per heavy atom. The van der Waals surface area contributed by atoms with Gasteiger partial charge in [0.25, 0.3) is 5.91 Å². The molecule has 1 amide bonds. The summed E-state index contributed by atoms with van der Waals surface area (Å²) >= 11 is 1.63. The van der Waals surface area contributed by atoms with Crippen LogP contribution in [0.5, 0.6) is 11.5 Å². The standard InChI is InChI=1S/C22H21N3O3S/c1-2-27-17-8-4-15(5-9-17)23-22-25(16-6-7-16)19(13-29-22)14-3-10-20-18(11-14)24-21(26)12-28-20/h3-5,8-11,13,16H,2,6-7,12H2,1H3,(H,24,26). The SMILES string of the molecule is CCOc1ccc(N=c2scc(-c3ccc4c(c3)NC(=O)CO4)n2C2CC2)cc1. The smallest absolute Gasteiger partial charge is 0.262 e. The van der Waals surface area contributed by atoms with Crippen LogP contribution in [0.1, 0.15) is 25.8 Å². The van der Waals surface area contributed by atoms with Gasteiger partial charge in [-0.2, -0.15) is 0 Å². The van der Waals surface area contributed by atoms with Crippen LogP contribution in [-0.2, 0) is 4.79 Å². The molecule has 6 nitrogen and oxygen atoms in total. The number of hydrogen-bond donors (Lipinski definition) is 1. The van der Waals surface area contributed by atoms with Crippen molar-refractivity contribution in [3.8, 4) is 22.8 Å². The highest BCUT2D eigenvalue weighted by Gasteiger charge is 2.28. The van der Waals surface area contributed by atoms with E-state index in [1.54, 1.807) is 11.3 Å². The van der Waals surface area contributed by atoms with Crippen molar-refractivity contribution < 1.29 is 14.3 Å². The van der Waals surface area contributed by atoms with Crippen molar-refractivity contribution in [2.75, 3.05) is 18.5 Å². The van der Waals surface area contributed by atoms with Gasteiger partial charge >= 0.3 is 0 Å².